The fraction of sp³-hybridized carbons (Fsp3) is 0.0556. The summed E-state index contributed by atoms with van der Waals surface area (Å²) < 4.78 is 5.29. The predicted molar refractivity (Wildman–Crippen MR) is 95.6 cm³/mol. The van der Waals surface area contributed by atoms with Gasteiger partial charge in [0, 0.05) is 5.56 Å². The number of amides is 1. The Morgan fingerprint density at radius 1 is 1.12 bits per heavy atom. The van der Waals surface area contributed by atoms with Crippen LogP contribution in [0.3, 0.4) is 0 Å². The number of hydrazone groups is 1. The maximum absolute atomic E-state index is 12.1. The van der Waals surface area contributed by atoms with E-state index in [1.54, 1.807) is 30.3 Å². The second-order valence-electron chi connectivity index (χ2n) is 5.28. The van der Waals surface area contributed by atoms with E-state index in [9.17, 15) is 10.1 Å². The van der Waals surface area contributed by atoms with Crippen molar-refractivity contribution < 1.29 is 9.21 Å². The van der Waals surface area contributed by atoms with Crippen molar-refractivity contribution in [3.05, 3.63) is 71.6 Å². The van der Waals surface area contributed by atoms with Gasteiger partial charge in [-0.1, -0.05) is 41.0 Å². The molecule has 0 atom stereocenters. The van der Waals surface area contributed by atoms with Gasteiger partial charge in [0.2, 0.25) is 5.71 Å². The molecule has 0 radical (unpaired) electrons. The molecule has 0 bridgehead atoms. The largest absolute Gasteiger partial charge is 0.401 e. The van der Waals surface area contributed by atoms with Gasteiger partial charge in [0.05, 0.1) is 5.69 Å². The molecule has 1 amide bonds. The van der Waals surface area contributed by atoms with E-state index in [1.165, 1.54) is 0 Å². The number of carbonyl (C=O) groups excluding carboxylic acids is 1. The Bertz CT molecular complexity index is 971. The lowest BCUT2D eigenvalue weighted by atomic mass is 10.2. The van der Waals surface area contributed by atoms with Crippen molar-refractivity contribution in [2.24, 2.45) is 5.10 Å². The van der Waals surface area contributed by atoms with Crippen LogP contribution < -0.4 is 10.7 Å². The third kappa shape index (κ3) is 4.10. The van der Waals surface area contributed by atoms with Crippen LogP contribution in [0.25, 0.3) is 0 Å². The maximum Gasteiger partial charge on any atom is 0.322 e. The summed E-state index contributed by atoms with van der Waals surface area (Å²) >= 11 is 0. The number of nitrogens with one attached hydrogen (secondary N) is 2. The molecule has 0 aliphatic heterocycles. The Morgan fingerprint density at radius 3 is 2.54 bits per heavy atom. The summed E-state index contributed by atoms with van der Waals surface area (Å²) in [4.78, 5) is 12.1. The Hall–Kier alpha value is -3.99. The van der Waals surface area contributed by atoms with Gasteiger partial charge in [0.15, 0.2) is 0 Å². The average molecular weight is 346 g/mol. The lowest BCUT2D eigenvalue weighted by Crippen LogP contribution is -2.11. The summed E-state index contributed by atoms with van der Waals surface area (Å²) in [6, 6.07) is 17.8. The Labute approximate surface area is 149 Å². The minimum absolute atomic E-state index is 0.0988. The molecule has 0 saturated heterocycles. The number of hydrogen-bond acceptors (Lipinski definition) is 7. The van der Waals surface area contributed by atoms with Crippen molar-refractivity contribution in [1.82, 2.24) is 10.2 Å². The first kappa shape index (κ1) is 16.9. The molecule has 2 aromatic carbocycles. The second-order valence-corrected chi connectivity index (χ2v) is 5.28. The van der Waals surface area contributed by atoms with Crippen molar-refractivity contribution >= 4 is 23.3 Å². The van der Waals surface area contributed by atoms with Crippen LogP contribution >= 0.6 is 0 Å². The number of hydrogen-bond donors (Lipinski definition) is 2. The molecule has 0 aliphatic rings. The first-order chi connectivity index (χ1) is 12.7. The van der Waals surface area contributed by atoms with Crippen LogP contribution in [0.2, 0.25) is 0 Å². The van der Waals surface area contributed by atoms with Crippen molar-refractivity contribution in [2.45, 2.75) is 6.92 Å². The first-order valence-electron chi connectivity index (χ1n) is 7.66. The number of nitriles is 1. The number of aryl methyl sites for hydroxylation is 1. The fourth-order valence-corrected chi connectivity index (χ4v) is 2.00. The summed E-state index contributed by atoms with van der Waals surface area (Å²) in [5.41, 5.74) is 4.91. The average Bonchev–Trinajstić information content (AvgIpc) is 3.12. The van der Waals surface area contributed by atoms with Crippen LogP contribution in [-0.4, -0.2) is 21.8 Å². The van der Waals surface area contributed by atoms with Gasteiger partial charge in [0.25, 0.3) is 11.8 Å². The molecule has 0 fully saturated rings. The molecule has 3 rings (SSSR count). The van der Waals surface area contributed by atoms with Crippen LogP contribution in [0.15, 0.2) is 64.1 Å². The second kappa shape index (κ2) is 7.72. The van der Waals surface area contributed by atoms with Gasteiger partial charge in [-0.3, -0.25) is 15.5 Å². The quantitative estimate of drug-likeness (QED) is 0.542. The first-order valence-corrected chi connectivity index (χ1v) is 7.66. The van der Waals surface area contributed by atoms with E-state index in [2.05, 4.69) is 26.0 Å². The molecule has 1 heterocycles. The zero-order chi connectivity index (χ0) is 18.4. The molecule has 3 aromatic rings. The molecular formula is C18H14N6O2. The van der Waals surface area contributed by atoms with E-state index >= 15 is 0 Å². The fourth-order valence-electron chi connectivity index (χ4n) is 2.00. The zero-order valence-corrected chi connectivity index (χ0v) is 13.8. The normalized spacial score (nSPS) is 10.8. The van der Waals surface area contributed by atoms with E-state index in [1.807, 2.05) is 37.3 Å². The molecule has 8 heteroatoms. The van der Waals surface area contributed by atoms with Gasteiger partial charge < -0.3 is 4.42 Å². The smallest absolute Gasteiger partial charge is 0.322 e. The third-order valence-corrected chi connectivity index (χ3v) is 3.34. The van der Waals surface area contributed by atoms with Gasteiger partial charge in [-0.25, -0.2) is 0 Å². The minimum atomic E-state index is -0.394. The van der Waals surface area contributed by atoms with E-state index in [0.29, 0.717) is 11.3 Å². The van der Waals surface area contributed by atoms with E-state index in [0.717, 1.165) is 5.56 Å². The standard InChI is InChI=1S/C18H14N6O2/c1-12-7-9-14(10-8-12)21-22-15(11-19)17-23-24-18(26-17)20-16(25)13-5-3-2-4-6-13/h2-10,21H,1H3,(H,20,24,25)/b22-15+. The lowest BCUT2D eigenvalue weighted by molar-refractivity contribution is 0.102. The monoisotopic (exact) mass is 346 g/mol. The molecule has 0 saturated carbocycles. The predicted octanol–water partition coefficient (Wildman–Crippen LogP) is 2.97. The third-order valence-electron chi connectivity index (χ3n) is 3.34. The number of nitrogens with zero attached hydrogens (tertiary/aromatic N) is 4. The van der Waals surface area contributed by atoms with Gasteiger partial charge in [-0.2, -0.15) is 10.4 Å². The van der Waals surface area contributed by atoms with Crippen LogP contribution in [0.5, 0.6) is 0 Å². The number of benzene rings is 2. The van der Waals surface area contributed by atoms with Crippen LogP contribution in [0, 0.1) is 18.3 Å². The van der Waals surface area contributed by atoms with Crippen LogP contribution in [0.4, 0.5) is 11.7 Å². The van der Waals surface area contributed by atoms with Crippen molar-refractivity contribution in [2.75, 3.05) is 10.7 Å². The highest BCUT2D eigenvalue weighted by atomic mass is 16.4. The Balaban J connectivity index is 1.70. The number of anilines is 2. The lowest BCUT2D eigenvalue weighted by Gasteiger charge is -2.00. The molecule has 0 aliphatic carbocycles. The Morgan fingerprint density at radius 2 is 1.85 bits per heavy atom. The summed E-state index contributed by atoms with van der Waals surface area (Å²) in [7, 11) is 0. The van der Waals surface area contributed by atoms with Gasteiger partial charge >= 0.3 is 6.01 Å². The highest BCUT2D eigenvalue weighted by Gasteiger charge is 2.15. The molecule has 2 N–H and O–H groups in total. The maximum atomic E-state index is 12.1. The van der Waals surface area contributed by atoms with Gasteiger partial charge in [-0.15, -0.1) is 5.10 Å². The SMILES string of the molecule is Cc1ccc(N/N=C(\C#N)c2nnc(NC(=O)c3ccccc3)o2)cc1. The Kier molecular flexibility index (Phi) is 5.00. The number of aromatic nitrogens is 2. The zero-order valence-electron chi connectivity index (χ0n) is 13.8. The van der Waals surface area contributed by atoms with Crippen molar-refractivity contribution in [1.29, 1.82) is 5.26 Å². The molecule has 128 valence electrons. The summed E-state index contributed by atoms with van der Waals surface area (Å²) in [6.07, 6.45) is 0. The summed E-state index contributed by atoms with van der Waals surface area (Å²) in [5.74, 6) is -0.496. The molecule has 0 spiro atoms. The molecule has 0 unspecified atom stereocenters. The van der Waals surface area contributed by atoms with Crippen LogP contribution in [0.1, 0.15) is 21.8 Å². The van der Waals surface area contributed by atoms with Gasteiger partial charge in [-0.05, 0) is 31.2 Å². The minimum Gasteiger partial charge on any atom is -0.401 e. The summed E-state index contributed by atoms with van der Waals surface area (Å²) in [5, 5.41) is 23.1. The molecule has 1 aromatic heterocycles. The van der Waals surface area contributed by atoms with Gasteiger partial charge in [0.1, 0.15) is 6.07 Å². The summed E-state index contributed by atoms with van der Waals surface area (Å²) in [6.45, 7) is 1.97. The molecular weight excluding hydrogens is 332 g/mol. The number of rotatable bonds is 5. The van der Waals surface area contributed by atoms with E-state index in [4.69, 9.17) is 4.42 Å². The highest BCUT2D eigenvalue weighted by molar-refractivity contribution is 6.09. The van der Waals surface area contributed by atoms with Crippen LogP contribution in [-0.2, 0) is 0 Å². The molecule has 8 nitrogen and oxygen atoms in total. The van der Waals surface area contributed by atoms with E-state index < -0.39 is 5.91 Å². The van der Waals surface area contributed by atoms with E-state index in [-0.39, 0.29) is 17.6 Å². The van der Waals surface area contributed by atoms with Crippen molar-refractivity contribution in [3.63, 3.8) is 0 Å². The number of carbonyl (C=O) groups is 1. The topological polar surface area (TPSA) is 116 Å². The van der Waals surface area contributed by atoms with Crippen molar-refractivity contribution in [3.8, 4) is 6.07 Å². The molecule has 26 heavy (non-hydrogen) atoms. The highest BCUT2D eigenvalue weighted by Crippen LogP contribution is 2.11.